The van der Waals surface area contributed by atoms with Crippen LogP contribution in [0.4, 0.5) is 10.1 Å². The van der Waals surface area contributed by atoms with E-state index < -0.39 is 9.84 Å². The van der Waals surface area contributed by atoms with E-state index in [9.17, 15) is 17.6 Å². The second kappa shape index (κ2) is 11.2. The highest BCUT2D eigenvalue weighted by atomic mass is 32.2. The number of ether oxygens (including phenoxy) is 1. The lowest BCUT2D eigenvalue weighted by atomic mass is 9.45. The molecule has 1 N–H and O–H groups in total. The van der Waals surface area contributed by atoms with Gasteiger partial charge in [0.15, 0.2) is 15.8 Å². The molecule has 1 saturated heterocycles. The minimum Gasteiger partial charge on any atom is -0.497 e. The fourth-order valence-corrected chi connectivity index (χ4v) is 8.39. The Balaban J connectivity index is 1.23. The van der Waals surface area contributed by atoms with Crippen molar-refractivity contribution in [1.29, 1.82) is 0 Å². The first-order valence-electron chi connectivity index (χ1n) is 15.1. The molecule has 0 unspecified atom stereocenters. The van der Waals surface area contributed by atoms with E-state index in [0.717, 1.165) is 12.1 Å². The van der Waals surface area contributed by atoms with Gasteiger partial charge < -0.3 is 15.0 Å². The molecule has 1 aromatic heterocycles. The molecule has 0 radical (unpaired) electrons. The molecule has 4 fully saturated rings. The zero-order valence-electron chi connectivity index (χ0n) is 25.2. The van der Waals surface area contributed by atoms with Crippen molar-refractivity contribution in [3.05, 3.63) is 64.5 Å². The van der Waals surface area contributed by atoms with E-state index >= 15 is 0 Å². The second-order valence-corrected chi connectivity index (χ2v) is 15.2. The summed E-state index contributed by atoms with van der Waals surface area (Å²) in [5, 5.41) is 3.93. The van der Waals surface area contributed by atoms with Gasteiger partial charge in [-0.25, -0.2) is 22.8 Å². The number of sulfone groups is 1. The van der Waals surface area contributed by atoms with E-state index in [1.807, 2.05) is 17.0 Å². The summed E-state index contributed by atoms with van der Waals surface area (Å²) >= 11 is 0. The summed E-state index contributed by atoms with van der Waals surface area (Å²) in [6, 6.07) is 10.3. The van der Waals surface area contributed by atoms with Crippen LogP contribution in [0.1, 0.15) is 39.2 Å². The standard InChI is InChI=1S/C32H40FN5O4S/c1-20-26-15-22(32(26,2)3)16-28(20)36-31(37-11-13-43(40,41)14-12-37)35-23-6-8-25-29(17-23)34-19-38(30(25)39)10-9-21-5-7-24(42-4)18-27(21)33/h5-8,17-20,22,26,28H,9-16H2,1-4H3,(H,35,36)/t20-,22-,26+,28-/m0/s1. The van der Waals surface area contributed by atoms with Crippen LogP contribution in [0.3, 0.4) is 0 Å². The Labute approximate surface area is 252 Å². The monoisotopic (exact) mass is 609 g/mol. The number of benzene rings is 2. The summed E-state index contributed by atoms with van der Waals surface area (Å²) < 4.78 is 45.3. The van der Waals surface area contributed by atoms with Crippen LogP contribution in [0, 0.1) is 29.0 Å². The number of fused-ring (bicyclic) bond motifs is 3. The largest absolute Gasteiger partial charge is 0.497 e. The summed E-state index contributed by atoms with van der Waals surface area (Å²) in [5.74, 6) is 2.69. The average molecular weight is 610 g/mol. The lowest BCUT2D eigenvalue weighted by Crippen LogP contribution is -2.57. The summed E-state index contributed by atoms with van der Waals surface area (Å²) in [6.45, 7) is 8.09. The molecule has 0 amide bonds. The maximum absolute atomic E-state index is 14.4. The first kappa shape index (κ1) is 29.6. The SMILES string of the molecule is COc1ccc(CCn2cnc3cc(NC(=N[C@H]4C[C@@H]5C[C@H]([C@@H]4C)C5(C)C)N4CCS(=O)(=O)CC4)ccc3c2=O)c(F)c1. The van der Waals surface area contributed by atoms with Crippen LogP contribution in [0.15, 0.2) is 52.5 Å². The highest BCUT2D eigenvalue weighted by Crippen LogP contribution is 2.61. The third-order valence-corrected chi connectivity index (χ3v) is 11.8. The average Bonchev–Trinajstić information content (AvgIpc) is 2.97. The van der Waals surface area contributed by atoms with Gasteiger partial charge in [0.05, 0.1) is 41.9 Å². The zero-order chi connectivity index (χ0) is 30.5. The number of anilines is 1. The van der Waals surface area contributed by atoms with Gasteiger partial charge in [0.25, 0.3) is 5.56 Å². The smallest absolute Gasteiger partial charge is 0.261 e. The quantitative estimate of drug-likeness (QED) is 0.327. The number of nitrogens with zero attached hydrogens (tertiary/aromatic N) is 4. The van der Waals surface area contributed by atoms with Crippen LogP contribution in [0.5, 0.6) is 5.75 Å². The van der Waals surface area contributed by atoms with E-state index in [1.54, 1.807) is 18.2 Å². The number of aryl methyl sites for hydroxylation is 2. The highest BCUT2D eigenvalue weighted by Gasteiger charge is 2.56. The molecule has 3 aliphatic carbocycles. The normalized spacial score (nSPS) is 26.2. The molecule has 11 heteroatoms. The van der Waals surface area contributed by atoms with Crippen molar-refractivity contribution >= 4 is 32.4 Å². The number of hydrogen-bond donors (Lipinski definition) is 1. The lowest BCUT2D eigenvalue weighted by Gasteiger charge is -2.61. The minimum atomic E-state index is -3.05. The molecule has 3 aromatic rings. The van der Waals surface area contributed by atoms with Gasteiger partial charge in [0.1, 0.15) is 11.6 Å². The van der Waals surface area contributed by atoms with Crippen molar-refractivity contribution in [1.82, 2.24) is 14.5 Å². The van der Waals surface area contributed by atoms with Crippen LogP contribution < -0.4 is 15.6 Å². The molecule has 2 heterocycles. The Hall–Kier alpha value is -3.47. The van der Waals surface area contributed by atoms with Crippen LogP contribution in [0.2, 0.25) is 0 Å². The molecule has 3 saturated carbocycles. The van der Waals surface area contributed by atoms with Gasteiger partial charge >= 0.3 is 0 Å². The van der Waals surface area contributed by atoms with E-state index in [-0.39, 0.29) is 35.5 Å². The molecule has 4 atom stereocenters. The number of halogens is 1. The van der Waals surface area contributed by atoms with Gasteiger partial charge in [0, 0.05) is 31.4 Å². The zero-order valence-corrected chi connectivity index (χ0v) is 26.0. The molecule has 43 heavy (non-hydrogen) atoms. The summed E-state index contributed by atoms with van der Waals surface area (Å²) in [7, 11) is -1.56. The Kier molecular flexibility index (Phi) is 7.73. The Morgan fingerprint density at radius 3 is 2.60 bits per heavy atom. The first-order valence-corrected chi connectivity index (χ1v) is 16.9. The Morgan fingerprint density at radius 2 is 1.93 bits per heavy atom. The maximum Gasteiger partial charge on any atom is 0.261 e. The number of aliphatic imine (C=N–C) groups is 1. The lowest BCUT2D eigenvalue weighted by molar-refractivity contribution is -0.108. The molecule has 2 aromatic carbocycles. The fraction of sp³-hybridized carbons (Fsp3) is 0.531. The van der Waals surface area contributed by atoms with Gasteiger partial charge in [-0.2, -0.15) is 0 Å². The van der Waals surface area contributed by atoms with Crippen molar-refractivity contribution in [2.45, 2.75) is 52.6 Å². The van der Waals surface area contributed by atoms with Crippen LogP contribution in [-0.2, 0) is 22.8 Å². The highest BCUT2D eigenvalue weighted by molar-refractivity contribution is 7.91. The summed E-state index contributed by atoms with van der Waals surface area (Å²) in [4.78, 5) is 25.1. The minimum absolute atomic E-state index is 0.103. The van der Waals surface area contributed by atoms with Gasteiger partial charge in [-0.15, -0.1) is 0 Å². The number of rotatable bonds is 6. The molecule has 9 nitrogen and oxygen atoms in total. The molecule has 7 rings (SSSR count). The second-order valence-electron chi connectivity index (χ2n) is 12.9. The molecule has 0 spiro atoms. The number of nitrogens with one attached hydrogen (secondary N) is 1. The number of methoxy groups -OCH3 is 1. The molecular formula is C32H40FN5O4S. The predicted molar refractivity (Wildman–Crippen MR) is 167 cm³/mol. The van der Waals surface area contributed by atoms with E-state index in [4.69, 9.17) is 9.73 Å². The van der Waals surface area contributed by atoms with Crippen LogP contribution >= 0.6 is 0 Å². The maximum atomic E-state index is 14.4. The van der Waals surface area contributed by atoms with Crippen molar-refractivity contribution in [2.75, 3.05) is 37.0 Å². The van der Waals surface area contributed by atoms with Crippen molar-refractivity contribution < 1.29 is 17.5 Å². The van der Waals surface area contributed by atoms with E-state index in [0.29, 0.717) is 70.9 Å². The summed E-state index contributed by atoms with van der Waals surface area (Å²) in [5.41, 5.74) is 1.92. The first-order chi connectivity index (χ1) is 20.4. The van der Waals surface area contributed by atoms with Gasteiger partial charge in [-0.1, -0.05) is 26.8 Å². The van der Waals surface area contributed by atoms with E-state index in [1.165, 1.54) is 30.5 Å². The summed E-state index contributed by atoms with van der Waals surface area (Å²) in [6.07, 6.45) is 4.12. The van der Waals surface area contributed by atoms with E-state index in [2.05, 4.69) is 31.1 Å². The Bertz CT molecular complexity index is 1720. The predicted octanol–water partition coefficient (Wildman–Crippen LogP) is 4.36. The third kappa shape index (κ3) is 5.75. The Morgan fingerprint density at radius 1 is 1.16 bits per heavy atom. The fourth-order valence-electron chi connectivity index (χ4n) is 7.19. The van der Waals surface area contributed by atoms with Crippen LogP contribution in [-0.4, -0.2) is 66.6 Å². The molecule has 230 valence electrons. The molecule has 1 aliphatic heterocycles. The van der Waals surface area contributed by atoms with Crippen LogP contribution in [0.25, 0.3) is 10.9 Å². The molecule has 4 aliphatic rings. The van der Waals surface area contributed by atoms with Crippen molar-refractivity contribution in [3.8, 4) is 5.75 Å². The van der Waals surface area contributed by atoms with Gasteiger partial charge in [0.2, 0.25) is 0 Å². The molecule has 2 bridgehead atoms. The third-order valence-electron chi connectivity index (χ3n) is 10.2. The van der Waals surface area contributed by atoms with Gasteiger partial charge in [-0.05, 0) is 72.3 Å². The van der Waals surface area contributed by atoms with Crippen molar-refractivity contribution in [2.24, 2.45) is 28.2 Å². The van der Waals surface area contributed by atoms with Gasteiger partial charge in [-0.3, -0.25) is 9.36 Å². The number of guanidine groups is 1. The van der Waals surface area contributed by atoms with Crippen molar-refractivity contribution in [3.63, 3.8) is 0 Å². The topological polar surface area (TPSA) is 106 Å². The number of hydrogen-bond acceptors (Lipinski definition) is 6. The number of aromatic nitrogens is 2. The molecular weight excluding hydrogens is 569 g/mol.